The fraction of sp³-hybridized carbons (Fsp3) is 0.200. The minimum Gasteiger partial charge on any atom is -0.488 e. The zero-order valence-corrected chi connectivity index (χ0v) is 12.0. The monoisotopic (exact) mass is 311 g/mol. The van der Waals surface area contributed by atoms with Gasteiger partial charge in [-0.3, -0.25) is 0 Å². The average molecular weight is 312 g/mol. The lowest BCUT2D eigenvalue weighted by molar-refractivity contribution is 0.246. The van der Waals surface area contributed by atoms with Gasteiger partial charge < -0.3 is 10.1 Å². The van der Waals surface area contributed by atoms with Gasteiger partial charge in [-0.25, -0.2) is 4.39 Å². The SMILES string of the molecule is Fc1cc(NCC2Cc3cc(Cl)ccc3O2)ccc1Cl. The number of anilines is 1. The topological polar surface area (TPSA) is 21.3 Å². The lowest BCUT2D eigenvalue weighted by atomic mass is 10.1. The van der Waals surface area contributed by atoms with Gasteiger partial charge in [0.1, 0.15) is 17.7 Å². The molecular formula is C15H12Cl2FNO. The lowest BCUT2D eigenvalue weighted by Crippen LogP contribution is -2.23. The minimum absolute atomic E-state index is 0.0159. The van der Waals surface area contributed by atoms with E-state index in [0.29, 0.717) is 17.3 Å². The van der Waals surface area contributed by atoms with Crippen LogP contribution in [0.3, 0.4) is 0 Å². The Morgan fingerprint density at radius 3 is 2.85 bits per heavy atom. The molecule has 0 saturated heterocycles. The molecule has 0 saturated carbocycles. The van der Waals surface area contributed by atoms with Crippen LogP contribution in [-0.4, -0.2) is 12.6 Å². The Hall–Kier alpha value is -1.45. The van der Waals surface area contributed by atoms with Crippen LogP contribution in [0.4, 0.5) is 10.1 Å². The van der Waals surface area contributed by atoms with Crippen molar-refractivity contribution < 1.29 is 9.13 Å². The molecule has 0 radical (unpaired) electrons. The largest absolute Gasteiger partial charge is 0.488 e. The second kappa shape index (κ2) is 5.51. The fourth-order valence-electron chi connectivity index (χ4n) is 2.24. The van der Waals surface area contributed by atoms with Crippen molar-refractivity contribution in [3.8, 4) is 5.75 Å². The normalized spacial score (nSPS) is 16.6. The van der Waals surface area contributed by atoms with Gasteiger partial charge in [0, 0.05) is 17.1 Å². The first-order valence-corrected chi connectivity index (χ1v) is 7.01. The van der Waals surface area contributed by atoms with Crippen LogP contribution < -0.4 is 10.1 Å². The molecule has 0 amide bonds. The summed E-state index contributed by atoms with van der Waals surface area (Å²) >= 11 is 11.6. The van der Waals surface area contributed by atoms with Crippen LogP contribution in [0.5, 0.6) is 5.75 Å². The predicted molar refractivity (Wildman–Crippen MR) is 79.5 cm³/mol. The van der Waals surface area contributed by atoms with Gasteiger partial charge >= 0.3 is 0 Å². The predicted octanol–water partition coefficient (Wildman–Crippen LogP) is 4.55. The van der Waals surface area contributed by atoms with Crippen molar-refractivity contribution >= 4 is 28.9 Å². The van der Waals surface area contributed by atoms with Gasteiger partial charge in [-0.05, 0) is 42.0 Å². The van der Waals surface area contributed by atoms with E-state index < -0.39 is 5.82 Å². The van der Waals surface area contributed by atoms with Crippen LogP contribution in [0.1, 0.15) is 5.56 Å². The van der Waals surface area contributed by atoms with Crippen molar-refractivity contribution in [2.24, 2.45) is 0 Å². The average Bonchev–Trinajstić information content (AvgIpc) is 2.82. The van der Waals surface area contributed by atoms with E-state index >= 15 is 0 Å². The Morgan fingerprint density at radius 2 is 2.05 bits per heavy atom. The molecule has 0 aliphatic carbocycles. The van der Waals surface area contributed by atoms with E-state index in [9.17, 15) is 4.39 Å². The molecule has 1 heterocycles. The third-order valence-corrected chi connectivity index (χ3v) is 3.76. The summed E-state index contributed by atoms with van der Waals surface area (Å²) in [6.45, 7) is 0.591. The van der Waals surface area contributed by atoms with E-state index in [1.807, 2.05) is 18.2 Å². The molecule has 2 nitrogen and oxygen atoms in total. The molecule has 0 spiro atoms. The first-order chi connectivity index (χ1) is 9.61. The highest BCUT2D eigenvalue weighted by Gasteiger charge is 2.22. The van der Waals surface area contributed by atoms with Crippen LogP contribution in [0.15, 0.2) is 36.4 Å². The maximum atomic E-state index is 13.3. The van der Waals surface area contributed by atoms with Gasteiger partial charge in [0.25, 0.3) is 0 Å². The summed E-state index contributed by atoms with van der Waals surface area (Å²) in [5.74, 6) is 0.433. The van der Waals surface area contributed by atoms with Crippen molar-refractivity contribution in [1.29, 1.82) is 0 Å². The van der Waals surface area contributed by atoms with Gasteiger partial charge in [0.2, 0.25) is 0 Å². The molecule has 3 rings (SSSR count). The molecule has 104 valence electrons. The van der Waals surface area contributed by atoms with E-state index in [-0.39, 0.29) is 11.1 Å². The maximum absolute atomic E-state index is 13.3. The van der Waals surface area contributed by atoms with Crippen LogP contribution in [-0.2, 0) is 6.42 Å². The smallest absolute Gasteiger partial charge is 0.143 e. The summed E-state index contributed by atoms with van der Waals surface area (Å²) in [5, 5.41) is 3.98. The molecule has 1 N–H and O–H groups in total. The number of fused-ring (bicyclic) bond motifs is 1. The van der Waals surface area contributed by atoms with Gasteiger partial charge in [0.05, 0.1) is 11.6 Å². The third kappa shape index (κ3) is 2.84. The maximum Gasteiger partial charge on any atom is 0.143 e. The van der Waals surface area contributed by atoms with Crippen molar-refractivity contribution in [3.05, 3.63) is 57.8 Å². The molecule has 0 bridgehead atoms. The minimum atomic E-state index is -0.431. The number of hydrogen-bond acceptors (Lipinski definition) is 2. The van der Waals surface area contributed by atoms with Crippen molar-refractivity contribution in [2.75, 3.05) is 11.9 Å². The summed E-state index contributed by atoms with van der Waals surface area (Å²) < 4.78 is 19.1. The lowest BCUT2D eigenvalue weighted by Gasteiger charge is -2.13. The number of hydrogen-bond donors (Lipinski definition) is 1. The van der Waals surface area contributed by atoms with Crippen LogP contribution in [0.25, 0.3) is 0 Å². The Kier molecular flexibility index (Phi) is 3.72. The van der Waals surface area contributed by atoms with Gasteiger partial charge in [-0.1, -0.05) is 23.2 Å². The molecular weight excluding hydrogens is 300 g/mol. The van der Waals surface area contributed by atoms with Gasteiger partial charge in [-0.15, -0.1) is 0 Å². The summed E-state index contributed by atoms with van der Waals surface area (Å²) in [6, 6.07) is 10.2. The van der Waals surface area contributed by atoms with Crippen LogP contribution >= 0.6 is 23.2 Å². The molecule has 1 atom stereocenters. The Bertz CT molecular complexity index is 648. The fourth-order valence-corrected chi connectivity index (χ4v) is 2.55. The molecule has 1 unspecified atom stereocenters. The van der Waals surface area contributed by atoms with E-state index in [0.717, 1.165) is 17.7 Å². The molecule has 0 fully saturated rings. The number of halogens is 3. The highest BCUT2D eigenvalue weighted by atomic mass is 35.5. The summed E-state index contributed by atoms with van der Waals surface area (Å²) in [7, 11) is 0. The molecule has 2 aromatic carbocycles. The second-order valence-corrected chi connectivity index (χ2v) is 5.55. The molecule has 0 aromatic heterocycles. The zero-order valence-electron chi connectivity index (χ0n) is 10.5. The number of benzene rings is 2. The first kappa shape index (κ1) is 13.5. The summed E-state index contributed by atoms with van der Waals surface area (Å²) in [4.78, 5) is 0. The zero-order chi connectivity index (χ0) is 14.1. The number of rotatable bonds is 3. The Balaban J connectivity index is 1.62. The molecule has 2 aromatic rings. The highest BCUT2D eigenvalue weighted by Crippen LogP contribution is 2.31. The van der Waals surface area contributed by atoms with Crippen LogP contribution in [0, 0.1) is 5.82 Å². The summed E-state index contributed by atoms with van der Waals surface area (Å²) in [6.07, 6.45) is 0.807. The first-order valence-electron chi connectivity index (χ1n) is 6.26. The van der Waals surface area contributed by atoms with E-state index in [1.165, 1.54) is 12.1 Å². The number of ether oxygens (including phenoxy) is 1. The molecule has 5 heteroatoms. The van der Waals surface area contributed by atoms with E-state index in [1.54, 1.807) is 6.07 Å². The third-order valence-electron chi connectivity index (χ3n) is 3.22. The highest BCUT2D eigenvalue weighted by molar-refractivity contribution is 6.31. The molecule has 1 aliphatic heterocycles. The second-order valence-electron chi connectivity index (χ2n) is 4.71. The van der Waals surface area contributed by atoms with Gasteiger partial charge in [-0.2, -0.15) is 0 Å². The quantitative estimate of drug-likeness (QED) is 0.898. The standard InChI is InChI=1S/C15H12Cl2FNO/c16-10-1-4-15-9(5-10)6-12(20-15)8-19-11-2-3-13(17)14(18)7-11/h1-5,7,12,19H,6,8H2. The van der Waals surface area contributed by atoms with Crippen molar-refractivity contribution in [1.82, 2.24) is 0 Å². The molecule has 20 heavy (non-hydrogen) atoms. The van der Waals surface area contributed by atoms with Crippen molar-refractivity contribution in [3.63, 3.8) is 0 Å². The Morgan fingerprint density at radius 1 is 1.20 bits per heavy atom. The number of nitrogens with one attached hydrogen (secondary N) is 1. The van der Waals surface area contributed by atoms with Crippen LogP contribution in [0.2, 0.25) is 10.0 Å². The van der Waals surface area contributed by atoms with E-state index in [2.05, 4.69) is 5.32 Å². The van der Waals surface area contributed by atoms with Crippen molar-refractivity contribution in [2.45, 2.75) is 12.5 Å². The van der Waals surface area contributed by atoms with E-state index in [4.69, 9.17) is 27.9 Å². The molecule has 1 aliphatic rings. The Labute approximate surface area is 126 Å². The van der Waals surface area contributed by atoms with Gasteiger partial charge in [0.15, 0.2) is 0 Å². The summed E-state index contributed by atoms with van der Waals surface area (Å²) in [5.41, 5.74) is 1.79.